The van der Waals surface area contributed by atoms with Crippen molar-refractivity contribution in [2.24, 2.45) is 11.3 Å². The molecule has 20 heavy (non-hydrogen) atoms. The number of benzene rings is 1. The molecule has 0 radical (unpaired) electrons. The Morgan fingerprint density at radius 2 is 2.05 bits per heavy atom. The molecule has 0 amide bonds. The Kier molecular flexibility index (Phi) is 4.84. The average Bonchev–Trinajstić information content (AvgIpc) is 2.64. The van der Waals surface area contributed by atoms with Gasteiger partial charge in [-0.2, -0.15) is 0 Å². The van der Waals surface area contributed by atoms with Crippen molar-refractivity contribution in [1.29, 1.82) is 0 Å². The molecule has 1 aromatic rings. The normalized spacial score (nSPS) is 21.2. The summed E-state index contributed by atoms with van der Waals surface area (Å²) >= 11 is 3.88. The van der Waals surface area contributed by atoms with Gasteiger partial charge < -0.3 is 4.74 Å². The fourth-order valence-corrected chi connectivity index (χ4v) is 4.18. The van der Waals surface area contributed by atoms with Crippen LogP contribution < -0.4 is 4.74 Å². The van der Waals surface area contributed by atoms with Crippen molar-refractivity contribution in [3.63, 3.8) is 0 Å². The molecule has 1 nitrogen and oxygen atoms in total. The van der Waals surface area contributed by atoms with Gasteiger partial charge >= 0.3 is 0 Å². The highest BCUT2D eigenvalue weighted by Gasteiger charge is 2.22. The van der Waals surface area contributed by atoms with E-state index in [2.05, 4.69) is 68.7 Å². The molecule has 1 heterocycles. The lowest BCUT2D eigenvalue weighted by Gasteiger charge is -2.25. The molecule has 1 aliphatic rings. The van der Waals surface area contributed by atoms with E-state index in [-0.39, 0.29) is 0 Å². The number of halogens is 1. The Morgan fingerprint density at radius 3 is 2.70 bits per heavy atom. The van der Waals surface area contributed by atoms with E-state index < -0.39 is 0 Å². The van der Waals surface area contributed by atoms with Crippen LogP contribution in [0.1, 0.15) is 63.4 Å². The highest BCUT2D eigenvalue weighted by atomic mass is 79.9. The van der Waals surface area contributed by atoms with Crippen LogP contribution in [-0.2, 0) is 6.42 Å². The van der Waals surface area contributed by atoms with E-state index in [1.165, 1.54) is 24.0 Å². The third kappa shape index (κ3) is 4.25. The zero-order valence-electron chi connectivity index (χ0n) is 13.4. The number of ether oxygens (including phenoxy) is 1. The molecule has 0 aromatic heterocycles. The SMILES string of the molecule is CC(CC(Br)c1ccc2c(c1)CC(C)O2)CC(C)(C)C. The molecule has 3 unspecified atom stereocenters. The number of fused-ring (bicyclic) bond motifs is 1. The maximum Gasteiger partial charge on any atom is 0.123 e. The third-order valence-electron chi connectivity index (χ3n) is 3.85. The Labute approximate surface area is 132 Å². The lowest BCUT2D eigenvalue weighted by Crippen LogP contribution is -2.12. The molecule has 112 valence electrons. The summed E-state index contributed by atoms with van der Waals surface area (Å²) < 4.78 is 5.77. The molecule has 0 saturated carbocycles. The summed E-state index contributed by atoms with van der Waals surface area (Å²) in [6.45, 7) is 11.5. The van der Waals surface area contributed by atoms with Gasteiger partial charge in [0.1, 0.15) is 11.9 Å². The van der Waals surface area contributed by atoms with E-state index in [0.717, 1.165) is 18.1 Å². The topological polar surface area (TPSA) is 9.23 Å². The lowest BCUT2D eigenvalue weighted by atomic mass is 9.83. The third-order valence-corrected chi connectivity index (χ3v) is 4.75. The van der Waals surface area contributed by atoms with Gasteiger partial charge in [0.15, 0.2) is 0 Å². The molecule has 0 saturated heterocycles. The summed E-state index contributed by atoms with van der Waals surface area (Å²) in [5.74, 6) is 1.80. The molecule has 0 N–H and O–H groups in total. The standard InChI is InChI=1S/C18H27BrO/c1-12(11-18(3,4)5)8-16(19)14-6-7-17-15(10-14)9-13(2)20-17/h6-7,10,12-13,16H,8-9,11H2,1-5H3. The Morgan fingerprint density at radius 1 is 1.35 bits per heavy atom. The predicted molar refractivity (Wildman–Crippen MR) is 89.8 cm³/mol. The van der Waals surface area contributed by atoms with Crippen LogP contribution in [0.4, 0.5) is 0 Å². The number of hydrogen-bond acceptors (Lipinski definition) is 1. The van der Waals surface area contributed by atoms with E-state index in [1.807, 2.05) is 0 Å². The predicted octanol–water partition coefficient (Wildman–Crippen LogP) is 5.91. The van der Waals surface area contributed by atoms with Crippen LogP contribution in [0.2, 0.25) is 0 Å². The number of hydrogen-bond donors (Lipinski definition) is 0. The summed E-state index contributed by atoms with van der Waals surface area (Å²) in [5.41, 5.74) is 3.16. The first-order valence-corrected chi connectivity index (χ1v) is 8.60. The van der Waals surface area contributed by atoms with Crippen molar-refractivity contribution in [3.05, 3.63) is 29.3 Å². The molecular formula is C18H27BrO. The zero-order chi connectivity index (χ0) is 14.9. The molecule has 2 heteroatoms. The Hall–Kier alpha value is -0.500. The van der Waals surface area contributed by atoms with E-state index in [0.29, 0.717) is 16.3 Å². The smallest absolute Gasteiger partial charge is 0.123 e. The van der Waals surface area contributed by atoms with Gasteiger partial charge in [0.25, 0.3) is 0 Å². The quantitative estimate of drug-likeness (QED) is 0.620. The molecule has 1 aromatic carbocycles. The summed E-state index contributed by atoms with van der Waals surface area (Å²) in [7, 11) is 0. The number of alkyl halides is 1. The van der Waals surface area contributed by atoms with Gasteiger partial charge in [0, 0.05) is 11.2 Å². The molecule has 0 fully saturated rings. The van der Waals surface area contributed by atoms with Crippen LogP contribution in [0, 0.1) is 11.3 Å². The zero-order valence-corrected chi connectivity index (χ0v) is 15.0. The minimum atomic E-state index is 0.328. The van der Waals surface area contributed by atoms with Crippen LogP contribution in [0.15, 0.2) is 18.2 Å². The molecule has 3 atom stereocenters. The second-order valence-corrected chi connectivity index (χ2v) is 8.68. The number of rotatable bonds is 4. The van der Waals surface area contributed by atoms with Gasteiger partial charge in [-0.3, -0.25) is 0 Å². The highest BCUT2D eigenvalue weighted by Crippen LogP contribution is 2.38. The summed E-state index contributed by atoms with van der Waals surface area (Å²) in [5, 5.41) is 0. The van der Waals surface area contributed by atoms with Gasteiger partial charge in [-0.05, 0) is 48.3 Å². The van der Waals surface area contributed by atoms with Crippen LogP contribution in [0.3, 0.4) is 0 Å². The van der Waals surface area contributed by atoms with E-state index in [9.17, 15) is 0 Å². The van der Waals surface area contributed by atoms with Crippen molar-refractivity contribution in [2.75, 3.05) is 0 Å². The van der Waals surface area contributed by atoms with Crippen LogP contribution in [0.5, 0.6) is 5.75 Å². The van der Waals surface area contributed by atoms with Crippen LogP contribution in [-0.4, -0.2) is 6.10 Å². The van der Waals surface area contributed by atoms with Crippen LogP contribution in [0.25, 0.3) is 0 Å². The Bertz CT molecular complexity index is 461. The Balaban J connectivity index is 2.00. The van der Waals surface area contributed by atoms with Gasteiger partial charge in [-0.25, -0.2) is 0 Å². The van der Waals surface area contributed by atoms with E-state index in [1.54, 1.807) is 0 Å². The van der Waals surface area contributed by atoms with Crippen LogP contribution >= 0.6 is 15.9 Å². The molecule has 0 aliphatic carbocycles. The van der Waals surface area contributed by atoms with Gasteiger partial charge in [-0.15, -0.1) is 0 Å². The van der Waals surface area contributed by atoms with Gasteiger partial charge in [0.2, 0.25) is 0 Å². The first kappa shape index (κ1) is 15.9. The van der Waals surface area contributed by atoms with Crippen molar-refractivity contribution >= 4 is 15.9 Å². The molecule has 2 rings (SSSR count). The van der Waals surface area contributed by atoms with Crippen molar-refractivity contribution in [2.45, 2.75) is 64.8 Å². The summed E-state index contributed by atoms with van der Waals surface area (Å²) in [6, 6.07) is 6.67. The largest absolute Gasteiger partial charge is 0.490 e. The van der Waals surface area contributed by atoms with Crippen molar-refractivity contribution in [1.82, 2.24) is 0 Å². The second kappa shape index (κ2) is 6.09. The van der Waals surface area contributed by atoms with E-state index in [4.69, 9.17) is 4.74 Å². The second-order valence-electron chi connectivity index (χ2n) is 7.57. The molecule has 0 bridgehead atoms. The molecule has 1 aliphatic heterocycles. The maximum absolute atomic E-state index is 5.77. The first-order valence-electron chi connectivity index (χ1n) is 7.68. The van der Waals surface area contributed by atoms with Gasteiger partial charge in [0.05, 0.1) is 0 Å². The van der Waals surface area contributed by atoms with E-state index >= 15 is 0 Å². The summed E-state index contributed by atoms with van der Waals surface area (Å²) in [6.07, 6.45) is 3.82. The fraction of sp³-hybridized carbons (Fsp3) is 0.667. The maximum atomic E-state index is 5.77. The van der Waals surface area contributed by atoms with Gasteiger partial charge in [-0.1, -0.05) is 55.8 Å². The fourth-order valence-electron chi connectivity index (χ4n) is 3.25. The first-order chi connectivity index (χ1) is 9.24. The minimum Gasteiger partial charge on any atom is -0.490 e. The summed E-state index contributed by atoms with van der Waals surface area (Å²) in [4.78, 5) is 0.445. The highest BCUT2D eigenvalue weighted by molar-refractivity contribution is 9.09. The monoisotopic (exact) mass is 338 g/mol. The van der Waals surface area contributed by atoms with Crippen molar-refractivity contribution < 1.29 is 4.74 Å². The lowest BCUT2D eigenvalue weighted by molar-refractivity contribution is 0.254. The average molecular weight is 339 g/mol. The molecule has 0 spiro atoms. The van der Waals surface area contributed by atoms with Crippen molar-refractivity contribution in [3.8, 4) is 5.75 Å². The minimum absolute atomic E-state index is 0.328. The molecular weight excluding hydrogens is 312 g/mol.